The summed E-state index contributed by atoms with van der Waals surface area (Å²) in [5.41, 5.74) is 8.08. The summed E-state index contributed by atoms with van der Waals surface area (Å²) < 4.78 is 31.4. The van der Waals surface area contributed by atoms with Gasteiger partial charge in [-0.2, -0.15) is 0 Å². The molecule has 2 aliphatic heterocycles. The Kier molecular flexibility index (Phi) is 11.0. The Hall–Kier alpha value is -6.04. The smallest absolute Gasteiger partial charge is 0.409 e. The number of carbonyl (C=O) groups excluding carboxylic acids is 2. The quantitative estimate of drug-likeness (QED) is 0.112. The summed E-state index contributed by atoms with van der Waals surface area (Å²) in [6, 6.07) is 26.2. The summed E-state index contributed by atoms with van der Waals surface area (Å²) in [7, 11) is 0. The molecule has 1 aliphatic carbocycles. The molecular weight excluding hydrogens is 723 g/mol. The number of ether oxygens (including phenoxy) is 5. The lowest BCUT2D eigenvalue weighted by Gasteiger charge is -2.38. The van der Waals surface area contributed by atoms with Gasteiger partial charge in [0.1, 0.15) is 6.61 Å². The Morgan fingerprint density at radius 3 is 2.00 bits per heavy atom. The van der Waals surface area contributed by atoms with E-state index in [1.165, 1.54) is 22.3 Å². The fraction of sp³-hybridized carbons (Fsp3) is 0.378. The van der Waals surface area contributed by atoms with Gasteiger partial charge < -0.3 is 33.5 Å². The monoisotopic (exact) mass is 771 g/mol. The number of likely N-dealkylation sites (tertiary alicyclic amines) is 1. The molecule has 0 N–H and O–H groups in total. The van der Waals surface area contributed by atoms with Gasteiger partial charge in [0.05, 0.1) is 44.7 Å². The van der Waals surface area contributed by atoms with Crippen LogP contribution in [0.1, 0.15) is 84.0 Å². The molecule has 3 aliphatic rings. The summed E-state index contributed by atoms with van der Waals surface area (Å²) in [6.45, 7) is 11.4. The average Bonchev–Trinajstić information content (AvgIpc) is 3.81. The second-order valence-electron chi connectivity index (χ2n) is 14.4. The first kappa shape index (κ1) is 37.9. The Morgan fingerprint density at radius 1 is 0.719 bits per heavy atom. The maximum absolute atomic E-state index is 14.4. The van der Waals surface area contributed by atoms with E-state index >= 15 is 0 Å². The van der Waals surface area contributed by atoms with E-state index in [1.54, 1.807) is 15.8 Å². The molecule has 0 radical (unpaired) electrons. The van der Waals surface area contributed by atoms with Crippen LogP contribution in [0.3, 0.4) is 0 Å². The summed E-state index contributed by atoms with van der Waals surface area (Å²) in [5.74, 6) is 2.48. The first-order valence-corrected chi connectivity index (χ1v) is 20.0. The van der Waals surface area contributed by atoms with Crippen molar-refractivity contribution in [2.75, 3.05) is 52.7 Å². The predicted octanol–water partition coefficient (Wildman–Crippen LogP) is 7.66. The van der Waals surface area contributed by atoms with Gasteiger partial charge >= 0.3 is 6.09 Å². The van der Waals surface area contributed by atoms with Crippen LogP contribution in [0, 0.1) is 0 Å². The van der Waals surface area contributed by atoms with Crippen molar-refractivity contribution in [1.29, 1.82) is 0 Å². The molecule has 12 heteroatoms. The molecule has 57 heavy (non-hydrogen) atoms. The summed E-state index contributed by atoms with van der Waals surface area (Å²) in [6.07, 6.45) is 2.50. The van der Waals surface area contributed by atoms with E-state index in [0.29, 0.717) is 81.9 Å². The first-order valence-electron chi connectivity index (χ1n) is 20.0. The highest BCUT2D eigenvalue weighted by Gasteiger charge is 2.38. The van der Waals surface area contributed by atoms with E-state index in [1.807, 2.05) is 81.1 Å². The number of hydrogen-bond donors (Lipinski definition) is 0. The van der Waals surface area contributed by atoms with Gasteiger partial charge in [0.2, 0.25) is 0 Å². The zero-order valence-corrected chi connectivity index (χ0v) is 33.0. The molecule has 296 valence electrons. The second kappa shape index (κ2) is 16.6. The van der Waals surface area contributed by atoms with Crippen LogP contribution in [0.15, 0.2) is 85.1 Å². The van der Waals surface area contributed by atoms with E-state index < -0.39 is 0 Å². The van der Waals surface area contributed by atoms with Crippen LogP contribution in [0.2, 0.25) is 0 Å². The van der Waals surface area contributed by atoms with Crippen molar-refractivity contribution in [3.63, 3.8) is 0 Å². The van der Waals surface area contributed by atoms with Crippen molar-refractivity contribution >= 4 is 12.0 Å². The third-order valence-electron chi connectivity index (χ3n) is 11.0. The Balaban J connectivity index is 0.976. The van der Waals surface area contributed by atoms with Crippen molar-refractivity contribution in [3.8, 4) is 34.1 Å². The van der Waals surface area contributed by atoms with Crippen LogP contribution in [-0.2, 0) is 17.6 Å². The van der Waals surface area contributed by atoms with Gasteiger partial charge in [0, 0.05) is 25.6 Å². The van der Waals surface area contributed by atoms with E-state index in [0.717, 1.165) is 16.7 Å². The standard InChI is InChI=1S/C45H49N5O7/c1-5-53-40-18-17-29(22-41(40)54-6-2)21-39-36-24-43(56-8-4)42(55-7-3)23-30(36)19-20-49(39)44(51)38-27-50(47-46-38)31-25-48(26-31)45(52)57-28-37-34-15-11-9-13-32(34)33-14-10-12-16-35(33)37/h9-18,22-24,27,31,37,39H,5-8,19-21,25-26,28H2,1-4H3. The molecule has 5 aromatic rings. The Labute approximate surface area is 333 Å². The fourth-order valence-electron chi connectivity index (χ4n) is 8.31. The van der Waals surface area contributed by atoms with Gasteiger partial charge in [0.15, 0.2) is 28.7 Å². The van der Waals surface area contributed by atoms with Gasteiger partial charge in [-0.3, -0.25) is 4.79 Å². The van der Waals surface area contributed by atoms with E-state index in [4.69, 9.17) is 23.7 Å². The number of hydrogen-bond acceptors (Lipinski definition) is 9. The fourth-order valence-corrected chi connectivity index (χ4v) is 8.31. The van der Waals surface area contributed by atoms with Crippen LogP contribution in [0.5, 0.6) is 23.0 Å². The minimum Gasteiger partial charge on any atom is -0.490 e. The van der Waals surface area contributed by atoms with E-state index in [2.05, 4.69) is 40.6 Å². The van der Waals surface area contributed by atoms with Gasteiger partial charge in [-0.25, -0.2) is 9.48 Å². The Bertz CT molecular complexity index is 2200. The SMILES string of the molecule is CCOc1ccc(CC2c3cc(OCC)c(OCC)cc3CCN2C(=O)c2cn(C3CN(C(=O)OCC4c5ccccc5-c5ccccc54)C3)nn2)cc1OCC. The number of amides is 2. The van der Waals surface area contributed by atoms with Crippen molar-refractivity contribution in [3.05, 3.63) is 119 Å². The molecule has 0 spiro atoms. The first-order chi connectivity index (χ1) is 27.9. The average molecular weight is 772 g/mol. The third kappa shape index (κ3) is 7.48. The zero-order valence-electron chi connectivity index (χ0n) is 33.0. The van der Waals surface area contributed by atoms with Crippen molar-refractivity contribution < 1.29 is 33.3 Å². The van der Waals surface area contributed by atoms with Crippen LogP contribution in [0.25, 0.3) is 11.1 Å². The highest BCUT2D eigenvalue weighted by molar-refractivity contribution is 5.92. The number of carbonyl (C=O) groups is 2. The van der Waals surface area contributed by atoms with Gasteiger partial charge in [0.25, 0.3) is 5.91 Å². The molecule has 1 atom stereocenters. The third-order valence-corrected chi connectivity index (χ3v) is 11.0. The second-order valence-corrected chi connectivity index (χ2v) is 14.4. The van der Waals surface area contributed by atoms with E-state index in [9.17, 15) is 9.59 Å². The highest BCUT2D eigenvalue weighted by Crippen LogP contribution is 2.45. The number of benzene rings is 4. The molecule has 0 bridgehead atoms. The summed E-state index contributed by atoms with van der Waals surface area (Å²) in [5, 5.41) is 8.72. The lowest BCUT2D eigenvalue weighted by atomic mass is 9.87. The lowest BCUT2D eigenvalue weighted by Crippen LogP contribution is -2.51. The van der Waals surface area contributed by atoms with Crippen LogP contribution in [0.4, 0.5) is 4.79 Å². The maximum Gasteiger partial charge on any atom is 0.409 e. The molecule has 0 saturated carbocycles. The van der Waals surface area contributed by atoms with Crippen LogP contribution >= 0.6 is 0 Å². The van der Waals surface area contributed by atoms with Crippen LogP contribution in [-0.4, -0.2) is 89.5 Å². The number of rotatable bonds is 14. The zero-order chi connectivity index (χ0) is 39.5. The number of nitrogens with zero attached hydrogens (tertiary/aromatic N) is 5. The van der Waals surface area contributed by atoms with Crippen molar-refractivity contribution in [2.24, 2.45) is 0 Å². The molecule has 8 rings (SSSR count). The normalized spacial score (nSPS) is 16.0. The number of fused-ring (bicyclic) bond motifs is 4. The minimum atomic E-state index is -0.361. The van der Waals surface area contributed by atoms with Gasteiger partial charge in [-0.05, 0) is 104 Å². The lowest BCUT2D eigenvalue weighted by molar-refractivity contribution is 0.0518. The largest absolute Gasteiger partial charge is 0.490 e. The molecule has 1 fully saturated rings. The number of aromatic nitrogens is 3. The molecule has 2 amide bonds. The maximum atomic E-state index is 14.4. The molecule has 1 aromatic heterocycles. The minimum absolute atomic E-state index is 0.00784. The highest BCUT2D eigenvalue weighted by atomic mass is 16.6. The Morgan fingerprint density at radius 2 is 1.33 bits per heavy atom. The van der Waals surface area contributed by atoms with Gasteiger partial charge in [-0.15, -0.1) is 5.10 Å². The molecular formula is C45H49N5O7. The molecule has 1 saturated heterocycles. The summed E-state index contributed by atoms with van der Waals surface area (Å²) in [4.78, 5) is 31.2. The van der Waals surface area contributed by atoms with Crippen LogP contribution < -0.4 is 18.9 Å². The molecule has 4 aromatic carbocycles. The summed E-state index contributed by atoms with van der Waals surface area (Å²) >= 11 is 0. The predicted molar refractivity (Wildman–Crippen MR) is 214 cm³/mol. The van der Waals surface area contributed by atoms with Gasteiger partial charge in [-0.1, -0.05) is 59.8 Å². The molecule has 3 heterocycles. The van der Waals surface area contributed by atoms with E-state index in [-0.39, 0.29) is 42.3 Å². The topological polar surface area (TPSA) is 117 Å². The van der Waals surface area contributed by atoms with Crippen molar-refractivity contribution in [1.82, 2.24) is 24.8 Å². The molecule has 12 nitrogen and oxygen atoms in total. The molecule has 1 unspecified atom stereocenters. The van der Waals surface area contributed by atoms with Crippen molar-refractivity contribution in [2.45, 2.75) is 58.5 Å².